The van der Waals surface area contributed by atoms with Crippen molar-refractivity contribution in [2.75, 3.05) is 0 Å². The highest BCUT2D eigenvalue weighted by molar-refractivity contribution is 5.78. The molecule has 2 aliphatic rings. The third-order valence-electron chi connectivity index (χ3n) is 6.31. The molecule has 3 unspecified atom stereocenters. The number of halogens is 1. The fraction of sp³-hybridized carbons (Fsp3) is 0.682. The third kappa shape index (κ3) is 3.80. The zero-order valence-electron chi connectivity index (χ0n) is 16.3. The zero-order valence-corrected chi connectivity index (χ0v) is 16.3. The molecule has 0 amide bonds. The van der Waals surface area contributed by atoms with Gasteiger partial charge in [0.2, 0.25) is 0 Å². The maximum absolute atomic E-state index is 14.9. The molecule has 2 bridgehead atoms. The Hall–Kier alpha value is -1.42. The second-order valence-electron chi connectivity index (χ2n) is 8.78. The van der Waals surface area contributed by atoms with Gasteiger partial charge in [0.05, 0.1) is 5.41 Å². The summed E-state index contributed by atoms with van der Waals surface area (Å²) in [5, 5.41) is 0. The molecule has 144 valence electrons. The quantitative estimate of drug-likeness (QED) is 0.599. The van der Waals surface area contributed by atoms with Crippen LogP contribution in [0.2, 0.25) is 0 Å². The van der Waals surface area contributed by atoms with Gasteiger partial charge in [0.1, 0.15) is 11.6 Å². The maximum atomic E-state index is 14.9. The number of benzene rings is 1. The van der Waals surface area contributed by atoms with Crippen molar-refractivity contribution >= 4 is 5.97 Å². The molecule has 0 aliphatic heterocycles. The van der Waals surface area contributed by atoms with E-state index in [1.807, 2.05) is 26.8 Å². The van der Waals surface area contributed by atoms with E-state index in [1.165, 1.54) is 18.9 Å². The van der Waals surface area contributed by atoms with Gasteiger partial charge in [-0.15, -0.1) is 0 Å². The number of carbonyl (C=O) groups excluding carboxylic acids is 1. The number of carbonyl (C=O) groups is 1. The first-order valence-electron chi connectivity index (χ1n) is 10.1. The zero-order chi connectivity index (χ0) is 18.9. The number of nitrogens with two attached hydrogens (primary N) is 1. The van der Waals surface area contributed by atoms with Gasteiger partial charge in [-0.05, 0) is 68.6 Å². The van der Waals surface area contributed by atoms with E-state index in [-0.39, 0.29) is 23.7 Å². The van der Waals surface area contributed by atoms with Crippen molar-refractivity contribution in [2.24, 2.45) is 17.1 Å². The molecule has 1 aromatic rings. The molecular formula is C22H32FNO2. The lowest BCUT2D eigenvalue weighted by molar-refractivity contribution is -0.144. The number of esters is 1. The lowest BCUT2D eigenvalue weighted by Crippen LogP contribution is -2.42. The Labute approximate surface area is 156 Å². The predicted octanol–water partition coefficient (Wildman–Crippen LogP) is 5.10. The molecule has 0 heterocycles. The Kier molecular flexibility index (Phi) is 5.71. The molecule has 0 aromatic heterocycles. The third-order valence-corrected chi connectivity index (χ3v) is 6.31. The summed E-state index contributed by atoms with van der Waals surface area (Å²) in [5.41, 5.74) is 7.73. The fourth-order valence-corrected chi connectivity index (χ4v) is 4.73. The topological polar surface area (TPSA) is 52.3 Å². The van der Waals surface area contributed by atoms with E-state index >= 15 is 0 Å². The Balaban J connectivity index is 1.90. The highest BCUT2D eigenvalue weighted by atomic mass is 19.1. The molecule has 0 spiro atoms. The van der Waals surface area contributed by atoms with Crippen LogP contribution in [0.1, 0.15) is 82.8 Å². The van der Waals surface area contributed by atoms with Crippen molar-refractivity contribution in [3.63, 3.8) is 0 Å². The molecule has 3 nitrogen and oxygen atoms in total. The number of hydrogen-bond donors (Lipinski definition) is 1. The van der Waals surface area contributed by atoms with Crippen molar-refractivity contribution < 1.29 is 13.9 Å². The van der Waals surface area contributed by atoms with E-state index in [4.69, 9.17) is 10.5 Å². The summed E-state index contributed by atoms with van der Waals surface area (Å²) < 4.78 is 20.5. The van der Waals surface area contributed by atoms with Gasteiger partial charge >= 0.3 is 5.97 Å². The summed E-state index contributed by atoms with van der Waals surface area (Å²) in [4.78, 5) is 12.5. The molecule has 26 heavy (non-hydrogen) atoms. The van der Waals surface area contributed by atoms with Gasteiger partial charge in [-0.25, -0.2) is 4.39 Å². The van der Waals surface area contributed by atoms with E-state index < -0.39 is 5.41 Å². The molecule has 0 radical (unpaired) electrons. The minimum Gasteiger partial charge on any atom is -0.426 e. The van der Waals surface area contributed by atoms with Crippen molar-refractivity contribution in [2.45, 2.75) is 84.1 Å². The van der Waals surface area contributed by atoms with E-state index in [9.17, 15) is 9.18 Å². The largest absolute Gasteiger partial charge is 0.426 e. The smallest absolute Gasteiger partial charge is 0.316 e. The maximum Gasteiger partial charge on any atom is 0.316 e. The SMILES string of the molecule is CCCC(C)(C)C(=O)Oc1cc(F)c2c(c1)C1CCCCCC(C2)C1N. The number of hydrogen-bond acceptors (Lipinski definition) is 3. The van der Waals surface area contributed by atoms with Crippen LogP contribution in [0.15, 0.2) is 12.1 Å². The second-order valence-corrected chi connectivity index (χ2v) is 8.78. The van der Waals surface area contributed by atoms with Crippen LogP contribution >= 0.6 is 0 Å². The van der Waals surface area contributed by atoms with E-state index in [1.54, 1.807) is 0 Å². The van der Waals surface area contributed by atoms with Gasteiger partial charge in [-0.3, -0.25) is 4.79 Å². The molecular weight excluding hydrogens is 329 g/mol. The Morgan fingerprint density at radius 1 is 1.27 bits per heavy atom. The summed E-state index contributed by atoms with van der Waals surface area (Å²) in [7, 11) is 0. The van der Waals surface area contributed by atoms with Crippen LogP contribution in [0.3, 0.4) is 0 Å². The normalized spacial score (nSPS) is 25.8. The van der Waals surface area contributed by atoms with Gasteiger partial charge in [0.25, 0.3) is 0 Å². The monoisotopic (exact) mass is 361 g/mol. The van der Waals surface area contributed by atoms with Crippen LogP contribution in [0, 0.1) is 17.2 Å². The average molecular weight is 362 g/mol. The Bertz CT molecular complexity index is 670. The highest BCUT2D eigenvalue weighted by Crippen LogP contribution is 2.43. The van der Waals surface area contributed by atoms with Gasteiger partial charge in [-0.2, -0.15) is 0 Å². The van der Waals surface area contributed by atoms with E-state index in [2.05, 4.69) is 0 Å². The van der Waals surface area contributed by atoms with Crippen LogP contribution in [-0.4, -0.2) is 12.0 Å². The summed E-state index contributed by atoms with van der Waals surface area (Å²) in [6.45, 7) is 5.80. The van der Waals surface area contributed by atoms with E-state index in [0.717, 1.165) is 43.2 Å². The molecule has 3 rings (SSSR count). The van der Waals surface area contributed by atoms with Crippen LogP contribution in [0.25, 0.3) is 0 Å². The molecule has 1 saturated carbocycles. The van der Waals surface area contributed by atoms with E-state index in [0.29, 0.717) is 18.1 Å². The second kappa shape index (κ2) is 7.67. The Morgan fingerprint density at radius 3 is 2.73 bits per heavy atom. The standard InChI is InChI=1S/C22H32FNO2/c1-4-10-22(2,3)21(25)26-15-12-17-16-9-7-5-6-8-14(20(16)24)11-18(17)19(23)13-15/h12-14,16,20H,4-11,24H2,1-3H3. The lowest BCUT2D eigenvalue weighted by atomic mass is 9.68. The minimum absolute atomic E-state index is 0.0738. The summed E-state index contributed by atoms with van der Waals surface area (Å²) in [5.74, 6) is 0.304. The van der Waals surface area contributed by atoms with Gasteiger partial charge in [0, 0.05) is 12.1 Å². The fourth-order valence-electron chi connectivity index (χ4n) is 4.73. The molecule has 4 heteroatoms. The van der Waals surface area contributed by atoms with Crippen LogP contribution < -0.4 is 10.5 Å². The van der Waals surface area contributed by atoms with Crippen LogP contribution in [-0.2, 0) is 11.2 Å². The molecule has 3 atom stereocenters. The minimum atomic E-state index is -0.567. The molecule has 0 saturated heterocycles. The molecule has 1 aromatic carbocycles. The van der Waals surface area contributed by atoms with Gasteiger partial charge in [0.15, 0.2) is 0 Å². The summed E-state index contributed by atoms with van der Waals surface area (Å²) >= 11 is 0. The number of ether oxygens (including phenoxy) is 1. The van der Waals surface area contributed by atoms with Gasteiger partial charge in [-0.1, -0.05) is 32.6 Å². The highest BCUT2D eigenvalue weighted by Gasteiger charge is 2.37. The molecule has 1 fully saturated rings. The average Bonchev–Trinajstić information content (AvgIpc) is 2.56. The van der Waals surface area contributed by atoms with Crippen molar-refractivity contribution in [1.82, 2.24) is 0 Å². The number of fused-ring (bicyclic) bond motifs is 4. The predicted molar refractivity (Wildman–Crippen MR) is 102 cm³/mol. The van der Waals surface area contributed by atoms with Crippen molar-refractivity contribution in [1.29, 1.82) is 0 Å². The molecule has 2 aliphatic carbocycles. The Morgan fingerprint density at radius 2 is 2.00 bits per heavy atom. The first-order chi connectivity index (χ1) is 12.3. The van der Waals surface area contributed by atoms with Crippen LogP contribution in [0.5, 0.6) is 5.75 Å². The van der Waals surface area contributed by atoms with Crippen molar-refractivity contribution in [3.8, 4) is 5.75 Å². The lowest BCUT2D eigenvalue weighted by Gasteiger charge is -2.39. The van der Waals surface area contributed by atoms with Gasteiger partial charge < -0.3 is 10.5 Å². The summed E-state index contributed by atoms with van der Waals surface area (Å²) in [6, 6.07) is 3.33. The first-order valence-corrected chi connectivity index (χ1v) is 10.1. The number of rotatable bonds is 4. The summed E-state index contributed by atoms with van der Waals surface area (Å²) in [6.07, 6.45) is 7.95. The van der Waals surface area contributed by atoms with Crippen LogP contribution in [0.4, 0.5) is 4.39 Å². The van der Waals surface area contributed by atoms with Crippen molar-refractivity contribution in [3.05, 3.63) is 29.1 Å². The first kappa shape index (κ1) is 19.3. The molecule has 2 N–H and O–H groups in total.